The van der Waals surface area contributed by atoms with Crippen molar-refractivity contribution in [3.05, 3.63) is 63.9 Å². The summed E-state index contributed by atoms with van der Waals surface area (Å²) in [6.07, 6.45) is 0. The molecular weight excluding hydrogens is 316 g/mol. The van der Waals surface area contributed by atoms with Gasteiger partial charge in [0.2, 0.25) is 0 Å². The average molecular weight is 330 g/mol. The third kappa shape index (κ3) is 4.13. The van der Waals surface area contributed by atoms with Crippen LogP contribution in [0.2, 0.25) is 10.0 Å². The Hall–Kier alpha value is -0.740. The van der Waals surface area contributed by atoms with Crippen LogP contribution in [0.5, 0.6) is 0 Å². The van der Waals surface area contributed by atoms with Crippen LogP contribution < -0.4 is 5.32 Å². The first-order valence-corrected chi connectivity index (χ1v) is 7.85. The maximum absolute atomic E-state index is 12.9. The van der Waals surface area contributed by atoms with E-state index in [1.807, 2.05) is 19.2 Å². The minimum absolute atomic E-state index is 0.153. The quantitative estimate of drug-likeness (QED) is 0.758. The highest BCUT2D eigenvalue weighted by Gasteiger charge is 2.11. The summed E-state index contributed by atoms with van der Waals surface area (Å²) in [6.45, 7) is 0. The molecule has 20 heavy (non-hydrogen) atoms. The monoisotopic (exact) mass is 329 g/mol. The van der Waals surface area contributed by atoms with Crippen LogP contribution >= 0.6 is 35.0 Å². The van der Waals surface area contributed by atoms with Crippen LogP contribution in [0.1, 0.15) is 11.6 Å². The third-order valence-corrected chi connectivity index (χ3v) is 4.77. The first-order valence-electron chi connectivity index (χ1n) is 6.10. The molecule has 0 aliphatic carbocycles. The van der Waals surface area contributed by atoms with Crippen molar-refractivity contribution < 1.29 is 4.39 Å². The summed E-state index contributed by atoms with van der Waals surface area (Å²) in [6, 6.07) is 12.3. The van der Waals surface area contributed by atoms with Gasteiger partial charge in [-0.2, -0.15) is 0 Å². The van der Waals surface area contributed by atoms with Crippen LogP contribution in [-0.2, 0) is 0 Å². The largest absolute Gasteiger partial charge is 0.312 e. The molecular formula is C15H14Cl2FNS. The lowest BCUT2D eigenvalue weighted by molar-refractivity contribution is 0.626. The van der Waals surface area contributed by atoms with Crippen LogP contribution in [0.15, 0.2) is 47.4 Å². The van der Waals surface area contributed by atoms with E-state index < -0.39 is 0 Å². The van der Waals surface area contributed by atoms with E-state index in [1.165, 1.54) is 12.1 Å². The summed E-state index contributed by atoms with van der Waals surface area (Å²) in [7, 11) is 1.90. The smallest absolute Gasteiger partial charge is 0.123 e. The van der Waals surface area contributed by atoms with Crippen molar-refractivity contribution >= 4 is 35.0 Å². The second-order valence-electron chi connectivity index (χ2n) is 4.28. The molecule has 2 aromatic rings. The average Bonchev–Trinajstić information content (AvgIpc) is 2.45. The molecule has 0 bridgehead atoms. The van der Waals surface area contributed by atoms with E-state index in [9.17, 15) is 4.39 Å². The van der Waals surface area contributed by atoms with Crippen LogP contribution in [0.25, 0.3) is 0 Å². The maximum Gasteiger partial charge on any atom is 0.123 e. The molecule has 0 heterocycles. The van der Waals surface area contributed by atoms with Gasteiger partial charge in [-0.05, 0) is 49.0 Å². The van der Waals surface area contributed by atoms with Crippen molar-refractivity contribution in [3.63, 3.8) is 0 Å². The second kappa shape index (κ2) is 7.32. The van der Waals surface area contributed by atoms with Gasteiger partial charge < -0.3 is 5.32 Å². The lowest BCUT2D eigenvalue weighted by atomic mass is 10.1. The van der Waals surface area contributed by atoms with E-state index in [2.05, 4.69) is 5.32 Å². The van der Waals surface area contributed by atoms with Crippen LogP contribution in [0.4, 0.5) is 4.39 Å². The van der Waals surface area contributed by atoms with Crippen LogP contribution in [0, 0.1) is 5.82 Å². The normalized spacial score (nSPS) is 12.4. The molecule has 0 aromatic heterocycles. The summed E-state index contributed by atoms with van der Waals surface area (Å²) in [5, 5.41) is 4.35. The molecule has 2 aromatic carbocycles. The minimum Gasteiger partial charge on any atom is -0.312 e. The molecule has 0 aliphatic rings. The zero-order valence-corrected chi connectivity index (χ0v) is 13.2. The third-order valence-electron chi connectivity index (χ3n) is 2.92. The van der Waals surface area contributed by atoms with Crippen molar-refractivity contribution in [3.8, 4) is 0 Å². The zero-order valence-electron chi connectivity index (χ0n) is 10.9. The Kier molecular flexibility index (Phi) is 5.73. The molecule has 0 saturated heterocycles. The molecule has 1 N–H and O–H groups in total. The molecule has 0 fully saturated rings. The zero-order chi connectivity index (χ0) is 14.5. The second-order valence-corrected chi connectivity index (χ2v) is 6.19. The number of nitrogens with one attached hydrogen (secondary N) is 1. The maximum atomic E-state index is 12.9. The molecule has 0 aliphatic heterocycles. The Balaban J connectivity index is 2.05. The molecule has 0 amide bonds. The van der Waals surface area contributed by atoms with Gasteiger partial charge in [-0.25, -0.2) is 4.39 Å². The van der Waals surface area contributed by atoms with Crippen molar-refractivity contribution in [2.75, 3.05) is 12.8 Å². The van der Waals surface area contributed by atoms with Gasteiger partial charge in [0.15, 0.2) is 0 Å². The standard InChI is InChI=1S/C15H14Cl2FNS/c1-19-15(10-2-7-13(16)14(17)8-10)9-20-12-5-3-11(18)4-6-12/h2-8,15,19H,9H2,1H3. The van der Waals surface area contributed by atoms with Gasteiger partial charge >= 0.3 is 0 Å². The highest BCUT2D eigenvalue weighted by atomic mass is 35.5. The lowest BCUT2D eigenvalue weighted by Crippen LogP contribution is -2.18. The lowest BCUT2D eigenvalue weighted by Gasteiger charge is -2.17. The molecule has 1 nitrogen and oxygen atoms in total. The number of benzene rings is 2. The van der Waals surface area contributed by atoms with Gasteiger partial charge in [-0.1, -0.05) is 29.3 Å². The van der Waals surface area contributed by atoms with Gasteiger partial charge in [0, 0.05) is 16.7 Å². The number of hydrogen-bond donors (Lipinski definition) is 1. The van der Waals surface area contributed by atoms with Gasteiger partial charge in [0.05, 0.1) is 10.0 Å². The summed E-state index contributed by atoms with van der Waals surface area (Å²) < 4.78 is 12.9. The number of thioether (sulfide) groups is 1. The predicted octanol–water partition coefficient (Wildman–Crippen LogP) is 5.19. The number of rotatable bonds is 5. The SMILES string of the molecule is CNC(CSc1ccc(F)cc1)c1ccc(Cl)c(Cl)c1. The molecule has 1 atom stereocenters. The molecule has 0 saturated carbocycles. The van der Waals surface area contributed by atoms with Gasteiger partial charge in [-0.3, -0.25) is 0 Å². The first kappa shape index (κ1) is 15.6. The highest BCUT2D eigenvalue weighted by molar-refractivity contribution is 7.99. The predicted molar refractivity (Wildman–Crippen MR) is 85.4 cm³/mol. The van der Waals surface area contributed by atoms with Crippen molar-refractivity contribution in [1.29, 1.82) is 0 Å². The number of halogens is 3. The Morgan fingerprint density at radius 2 is 1.80 bits per heavy atom. The van der Waals surface area contributed by atoms with Crippen LogP contribution in [-0.4, -0.2) is 12.8 Å². The fraction of sp³-hybridized carbons (Fsp3) is 0.200. The molecule has 1 unspecified atom stereocenters. The van der Waals surface area contributed by atoms with Crippen molar-refractivity contribution in [2.45, 2.75) is 10.9 Å². The van der Waals surface area contributed by atoms with E-state index >= 15 is 0 Å². The molecule has 0 radical (unpaired) electrons. The van der Waals surface area contributed by atoms with Crippen LogP contribution in [0.3, 0.4) is 0 Å². The summed E-state index contributed by atoms with van der Waals surface area (Å²) in [4.78, 5) is 1.03. The topological polar surface area (TPSA) is 12.0 Å². The Labute approximate surface area is 132 Å². The first-order chi connectivity index (χ1) is 9.60. The Morgan fingerprint density at radius 3 is 2.40 bits per heavy atom. The Bertz CT molecular complexity index is 575. The minimum atomic E-state index is -0.219. The summed E-state index contributed by atoms with van der Waals surface area (Å²) in [5.74, 6) is 0.601. The summed E-state index contributed by atoms with van der Waals surface area (Å²) in [5.41, 5.74) is 1.08. The number of hydrogen-bond acceptors (Lipinski definition) is 2. The van der Waals surface area contributed by atoms with Crippen molar-refractivity contribution in [2.24, 2.45) is 0 Å². The fourth-order valence-corrected chi connectivity index (χ4v) is 3.14. The summed E-state index contributed by atoms with van der Waals surface area (Å²) >= 11 is 13.6. The van der Waals surface area contributed by atoms with E-state index in [-0.39, 0.29) is 11.9 Å². The van der Waals surface area contributed by atoms with E-state index in [4.69, 9.17) is 23.2 Å². The highest BCUT2D eigenvalue weighted by Crippen LogP contribution is 2.29. The Morgan fingerprint density at radius 1 is 1.10 bits per heavy atom. The van der Waals surface area contributed by atoms with Gasteiger partial charge in [-0.15, -0.1) is 11.8 Å². The molecule has 2 rings (SSSR count). The van der Waals surface area contributed by atoms with E-state index in [0.29, 0.717) is 10.0 Å². The molecule has 106 valence electrons. The molecule has 5 heteroatoms. The molecule has 0 spiro atoms. The van der Waals surface area contributed by atoms with E-state index in [1.54, 1.807) is 30.0 Å². The van der Waals surface area contributed by atoms with E-state index in [0.717, 1.165) is 16.2 Å². The fourth-order valence-electron chi connectivity index (χ4n) is 1.79. The van der Waals surface area contributed by atoms with Crippen molar-refractivity contribution in [1.82, 2.24) is 5.32 Å². The van der Waals surface area contributed by atoms with Gasteiger partial charge in [0.25, 0.3) is 0 Å². The van der Waals surface area contributed by atoms with Gasteiger partial charge in [0.1, 0.15) is 5.82 Å².